The van der Waals surface area contributed by atoms with Gasteiger partial charge in [-0.1, -0.05) is 31.4 Å². The summed E-state index contributed by atoms with van der Waals surface area (Å²) in [6.45, 7) is 3.75. The second kappa shape index (κ2) is 7.34. The van der Waals surface area contributed by atoms with Crippen LogP contribution in [-0.2, 0) is 9.47 Å². The highest BCUT2D eigenvalue weighted by Gasteiger charge is 2.41. The van der Waals surface area contributed by atoms with Crippen LogP contribution in [0.5, 0.6) is 0 Å². The maximum atomic E-state index is 12.9. The van der Waals surface area contributed by atoms with Crippen molar-refractivity contribution in [1.29, 1.82) is 0 Å². The van der Waals surface area contributed by atoms with Crippen molar-refractivity contribution in [3.63, 3.8) is 0 Å². The van der Waals surface area contributed by atoms with Gasteiger partial charge in [0, 0.05) is 18.8 Å². The molecule has 1 atom stereocenters. The number of benzene rings is 1. The van der Waals surface area contributed by atoms with Crippen LogP contribution in [0.25, 0.3) is 0 Å². The summed E-state index contributed by atoms with van der Waals surface area (Å²) >= 11 is 0. The highest BCUT2D eigenvalue weighted by molar-refractivity contribution is 6.00. The van der Waals surface area contributed by atoms with Crippen molar-refractivity contribution in [1.82, 2.24) is 5.32 Å². The summed E-state index contributed by atoms with van der Waals surface area (Å²) in [4.78, 5) is 15.2. The molecule has 4 rings (SSSR count). The van der Waals surface area contributed by atoms with Gasteiger partial charge in [0.05, 0.1) is 37.0 Å². The van der Waals surface area contributed by atoms with Crippen LogP contribution in [0, 0.1) is 0 Å². The van der Waals surface area contributed by atoms with Gasteiger partial charge in [0.25, 0.3) is 5.91 Å². The molecule has 0 bridgehead atoms. The van der Waals surface area contributed by atoms with Gasteiger partial charge in [-0.2, -0.15) is 0 Å². The first-order chi connectivity index (χ1) is 12.3. The number of carbonyl (C=O) groups is 1. The summed E-state index contributed by atoms with van der Waals surface area (Å²) in [5.41, 5.74) is 1.79. The van der Waals surface area contributed by atoms with Crippen LogP contribution in [0.4, 0.5) is 5.69 Å². The lowest BCUT2D eigenvalue weighted by Gasteiger charge is -2.32. The van der Waals surface area contributed by atoms with E-state index in [0.717, 1.165) is 56.8 Å². The molecule has 1 spiro atoms. The minimum atomic E-state index is 0.0172. The lowest BCUT2D eigenvalue weighted by atomic mass is 9.82. The topological polar surface area (TPSA) is 50.8 Å². The summed E-state index contributed by atoms with van der Waals surface area (Å²) in [5.74, 6) is 0.0172. The van der Waals surface area contributed by atoms with Crippen LogP contribution >= 0.6 is 0 Å². The number of rotatable bonds is 3. The van der Waals surface area contributed by atoms with Crippen LogP contribution in [0.15, 0.2) is 24.3 Å². The van der Waals surface area contributed by atoms with E-state index >= 15 is 0 Å². The second-order valence-corrected chi connectivity index (χ2v) is 7.55. The predicted octanol–water partition coefficient (Wildman–Crippen LogP) is 2.74. The third kappa shape index (κ3) is 3.67. The van der Waals surface area contributed by atoms with Crippen LogP contribution in [0.1, 0.15) is 48.9 Å². The molecule has 1 saturated carbocycles. The van der Waals surface area contributed by atoms with E-state index in [1.807, 2.05) is 24.3 Å². The van der Waals surface area contributed by atoms with Crippen molar-refractivity contribution in [2.75, 3.05) is 37.8 Å². The van der Waals surface area contributed by atoms with E-state index < -0.39 is 0 Å². The fourth-order valence-electron chi connectivity index (χ4n) is 4.49. The standard InChI is InChI=1S/C20H28N2O3/c23-19(21-16-14-20(25-15-16)8-4-1-5-9-20)17-6-2-3-7-18(17)22-10-12-24-13-11-22/h2-3,6-7,16H,1,4-5,8-15H2,(H,21,23)/t16-/m1/s1. The number of morpholine rings is 1. The second-order valence-electron chi connectivity index (χ2n) is 7.55. The first-order valence-electron chi connectivity index (χ1n) is 9.62. The van der Waals surface area contributed by atoms with Crippen LogP contribution in [-0.4, -0.2) is 50.5 Å². The molecule has 1 aromatic rings. The van der Waals surface area contributed by atoms with E-state index in [9.17, 15) is 4.79 Å². The largest absolute Gasteiger partial charge is 0.378 e. The fraction of sp³-hybridized carbons (Fsp3) is 0.650. The van der Waals surface area contributed by atoms with Crippen LogP contribution < -0.4 is 10.2 Å². The Kier molecular flexibility index (Phi) is 4.95. The minimum Gasteiger partial charge on any atom is -0.378 e. The van der Waals surface area contributed by atoms with Gasteiger partial charge in [-0.25, -0.2) is 0 Å². The van der Waals surface area contributed by atoms with E-state index in [0.29, 0.717) is 6.61 Å². The Balaban J connectivity index is 1.43. The van der Waals surface area contributed by atoms with E-state index in [1.54, 1.807) is 0 Å². The average Bonchev–Trinajstić information content (AvgIpc) is 3.04. The molecule has 1 N–H and O–H groups in total. The summed E-state index contributed by atoms with van der Waals surface area (Å²) in [5, 5.41) is 3.22. The molecule has 5 nitrogen and oxygen atoms in total. The number of para-hydroxylation sites is 1. The molecule has 0 unspecified atom stereocenters. The van der Waals surface area contributed by atoms with Crippen molar-refractivity contribution in [2.24, 2.45) is 0 Å². The maximum absolute atomic E-state index is 12.9. The molecule has 0 aromatic heterocycles. The lowest BCUT2D eigenvalue weighted by molar-refractivity contribution is -0.0246. The Hall–Kier alpha value is -1.59. The third-order valence-corrected chi connectivity index (χ3v) is 5.81. The number of amides is 1. The average molecular weight is 344 g/mol. The van der Waals surface area contributed by atoms with Gasteiger partial charge in [-0.3, -0.25) is 4.79 Å². The maximum Gasteiger partial charge on any atom is 0.253 e. The zero-order chi connectivity index (χ0) is 17.1. The van der Waals surface area contributed by atoms with Crippen LogP contribution in [0.3, 0.4) is 0 Å². The zero-order valence-electron chi connectivity index (χ0n) is 14.8. The van der Waals surface area contributed by atoms with Crippen molar-refractivity contribution in [3.8, 4) is 0 Å². The molecule has 3 fully saturated rings. The fourth-order valence-corrected chi connectivity index (χ4v) is 4.49. The Labute approximate surface area is 149 Å². The predicted molar refractivity (Wildman–Crippen MR) is 97.1 cm³/mol. The minimum absolute atomic E-state index is 0.0172. The molecule has 5 heteroatoms. The Morgan fingerprint density at radius 1 is 1.12 bits per heavy atom. The van der Waals surface area contributed by atoms with Crippen molar-refractivity contribution in [2.45, 2.75) is 50.2 Å². The van der Waals surface area contributed by atoms with Gasteiger partial charge in [-0.15, -0.1) is 0 Å². The number of carbonyl (C=O) groups excluding carboxylic acids is 1. The normalized spacial score (nSPS) is 25.9. The number of nitrogens with zero attached hydrogens (tertiary/aromatic N) is 1. The number of ether oxygens (including phenoxy) is 2. The Morgan fingerprint density at radius 3 is 2.68 bits per heavy atom. The smallest absolute Gasteiger partial charge is 0.253 e. The van der Waals surface area contributed by atoms with Crippen molar-refractivity contribution < 1.29 is 14.3 Å². The van der Waals surface area contributed by atoms with Gasteiger partial charge in [0.15, 0.2) is 0 Å². The highest BCUT2D eigenvalue weighted by atomic mass is 16.5. The molecule has 1 amide bonds. The monoisotopic (exact) mass is 344 g/mol. The molecule has 1 aliphatic carbocycles. The highest BCUT2D eigenvalue weighted by Crippen LogP contribution is 2.39. The molecular formula is C20H28N2O3. The first kappa shape index (κ1) is 16.9. The number of anilines is 1. The summed E-state index contributed by atoms with van der Waals surface area (Å²) < 4.78 is 11.6. The zero-order valence-corrected chi connectivity index (χ0v) is 14.8. The molecule has 25 heavy (non-hydrogen) atoms. The van der Waals surface area contributed by atoms with Gasteiger partial charge >= 0.3 is 0 Å². The molecule has 2 aliphatic heterocycles. The summed E-state index contributed by atoms with van der Waals surface area (Å²) in [7, 11) is 0. The Bertz CT molecular complexity index is 607. The molecule has 3 aliphatic rings. The SMILES string of the molecule is O=C(N[C@H]1COC2(CCCCC2)C1)c1ccccc1N1CCOCC1. The molecule has 0 radical (unpaired) electrons. The molecule has 136 valence electrons. The summed E-state index contributed by atoms with van der Waals surface area (Å²) in [6.07, 6.45) is 7.06. The molecule has 1 aromatic carbocycles. The van der Waals surface area contributed by atoms with Gasteiger partial charge in [0.1, 0.15) is 0 Å². The number of nitrogens with one attached hydrogen (secondary N) is 1. The van der Waals surface area contributed by atoms with Crippen molar-refractivity contribution >= 4 is 11.6 Å². The van der Waals surface area contributed by atoms with E-state index in [-0.39, 0.29) is 17.6 Å². The molecule has 2 heterocycles. The van der Waals surface area contributed by atoms with E-state index in [4.69, 9.17) is 9.47 Å². The third-order valence-electron chi connectivity index (χ3n) is 5.81. The lowest BCUT2D eigenvalue weighted by Crippen LogP contribution is -2.40. The van der Waals surface area contributed by atoms with E-state index in [2.05, 4.69) is 10.2 Å². The van der Waals surface area contributed by atoms with Gasteiger partial charge < -0.3 is 19.7 Å². The molecular weight excluding hydrogens is 316 g/mol. The van der Waals surface area contributed by atoms with Crippen molar-refractivity contribution in [3.05, 3.63) is 29.8 Å². The summed E-state index contributed by atoms with van der Waals surface area (Å²) in [6, 6.07) is 8.02. The quantitative estimate of drug-likeness (QED) is 0.916. The van der Waals surface area contributed by atoms with Gasteiger partial charge in [-0.05, 0) is 31.4 Å². The number of hydrogen-bond acceptors (Lipinski definition) is 4. The van der Waals surface area contributed by atoms with Crippen LogP contribution in [0.2, 0.25) is 0 Å². The van der Waals surface area contributed by atoms with E-state index in [1.165, 1.54) is 19.3 Å². The Morgan fingerprint density at radius 2 is 1.88 bits per heavy atom. The molecule has 2 saturated heterocycles. The number of hydrogen-bond donors (Lipinski definition) is 1. The first-order valence-corrected chi connectivity index (χ1v) is 9.62. The van der Waals surface area contributed by atoms with Gasteiger partial charge in [0.2, 0.25) is 0 Å².